The largest absolute Gasteiger partial charge is 0.478 e. The monoisotopic (exact) mass is 274 g/mol. The van der Waals surface area contributed by atoms with Crippen molar-refractivity contribution < 1.29 is 19.5 Å². The molecule has 0 spiro atoms. The molecular weight excluding hydrogens is 260 g/mol. The van der Waals surface area contributed by atoms with E-state index in [1.54, 1.807) is 6.07 Å². The Bertz CT molecular complexity index is 607. The molecule has 0 bridgehead atoms. The number of amides is 2. The van der Waals surface area contributed by atoms with Gasteiger partial charge in [0.1, 0.15) is 6.54 Å². The van der Waals surface area contributed by atoms with Crippen molar-refractivity contribution in [2.24, 2.45) is 0 Å². The molecule has 20 heavy (non-hydrogen) atoms. The van der Waals surface area contributed by atoms with E-state index in [9.17, 15) is 14.4 Å². The Kier molecular flexibility index (Phi) is 2.93. The van der Waals surface area contributed by atoms with E-state index in [4.69, 9.17) is 5.11 Å². The zero-order valence-electron chi connectivity index (χ0n) is 10.8. The average molecular weight is 274 g/mol. The molecule has 1 aliphatic carbocycles. The summed E-state index contributed by atoms with van der Waals surface area (Å²) in [6, 6.07) is 4.80. The molecule has 6 nitrogen and oxygen atoms in total. The summed E-state index contributed by atoms with van der Waals surface area (Å²) in [5.74, 6) is -1.42. The number of hydrogen-bond donors (Lipinski definition) is 2. The minimum atomic E-state index is -1.05. The number of fused-ring (bicyclic) bond motifs is 1. The first kappa shape index (κ1) is 12.7. The van der Waals surface area contributed by atoms with E-state index in [1.807, 2.05) is 0 Å². The summed E-state index contributed by atoms with van der Waals surface area (Å²) >= 11 is 0. The van der Waals surface area contributed by atoms with Gasteiger partial charge in [0.05, 0.1) is 12.0 Å². The number of rotatable bonds is 4. The third-order valence-corrected chi connectivity index (χ3v) is 3.51. The standard InChI is InChI=1S/C14H14N2O4/c17-12(15-10-3-4-10)7-16-11-5-9(14(19)20)2-1-8(11)6-13(16)18/h1-2,5,10H,3-4,6-7H2,(H,15,17)(H,19,20). The SMILES string of the molecule is O=C(CN1C(=O)Cc2ccc(C(=O)O)cc21)NC1CC1. The quantitative estimate of drug-likeness (QED) is 0.839. The van der Waals surface area contributed by atoms with Gasteiger partial charge in [0, 0.05) is 11.7 Å². The lowest BCUT2D eigenvalue weighted by atomic mass is 10.1. The van der Waals surface area contributed by atoms with Crippen LogP contribution in [0.15, 0.2) is 18.2 Å². The molecule has 0 unspecified atom stereocenters. The lowest BCUT2D eigenvalue weighted by molar-refractivity contribution is -0.123. The van der Waals surface area contributed by atoms with E-state index in [-0.39, 0.29) is 36.4 Å². The van der Waals surface area contributed by atoms with Gasteiger partial charge in [0.2, 0.25) is 11.8 Å². The molecule has 1 aromatic carbocycles. The number of anilines is 1. The van der Waals surface area contributed by atoms with Gasteiger partial charge in [0.15, 0.2) is 0 Å². The summed E-state index contributed by atoms with van der Waals surface area (Å²) in [6.45, 7) is -0.0502. The predicted octanol–water partition coefficient (Wildman–Crippen LogP) is 0.552. The molecule has 104 valence electrons. The summed E-state index contributed by atoms with van der Waals surface area (Å²) in [5.41, 5.74) is 1.41. The molecule has 0 radical (unpaired) electrons. The van der Waals surface area contributed by atoms with Crippen molar-refractivity contribution in [1.29, 1.82) is 0 Å². The Morgan fingerprint density at radius 2 is 2.10 bits per heavy atom. The van der Waals surface area contributed by atoms with Crippen molar-refractivity contribution in [2.45, 2.75) is 25.3 Å². The smallest absolute Gasteiger partial charge is 0.335 e. The van der Waals surface area contributed by atoms with E-state index in [0.717, 1.165) is 18.4 Å². The molecule has 6 heteroatoms. The van der Waals surface area contributed by atoms with Gasteiger partial charge in [-0.3, -0.25) is 9.59 Å². The van der Waals surface area contributed by atoms with Crippen molar-refractivity contribution >= 4 is 23.5 Å². The second kappa shape index (κ2) is 4.63. The summed E-state index contributed by atoms with van der Waals surface area (Å²) in [6.07, 6.45) is 2.19. The number of nitrogens with one attached hydrogen (secondary N) is 1. The molecule has 2 amide bonds. The summed E-state index contributed by atoms with van der Waals surface area (Å²) in [4.78, 5) is 36.1. The number of carbonyl (C=O) groups is 3. The van der Waals surface area contributed by atoms with Gasteiger partial charge in [-0.05, 0) is 30.5 Å². The minimum absolute atomic E-state index is 0.0502. The number of benzene rings is 1. The van der Waals surface area contributed by atoms with Crippen LogP contribution in [0.4, 0.5) is 5.69 Å². The number of carboxylic acids is 1. The summed E-state index contributed by atoms with van der Waals surface area (Å²) in [5, 5.41) is 11.8. The van der Waals surface area contributed by atoms with Gasteiger partial charge in [-0.15, -0.1) is 0 Å². The van der Waals surface area contributed by atoms with Crippen molar-refractivity contribution in [3.8, 4) is 0 Å². The van der Waals surface area contributed by atoms with Crippen molar-refractivity contribution in [3.63, 3.8) is 0 Å². The molecule has 2 aliphatic rings. The molecule has 3 rings (SSSR count). The molecular formula is C14H14N2O4. The molecule has 1 saturated carbocycles. The first-order valence-electron chi connectivity index (χ1n) is 6.50. The second-order valence-electron chi connectivity index (χ2n) is 5.15. The lowest BCUT2D eigenvalue weighted by Gasteiger charge is -2.17. The van der Waals surface area contributed by atoms with Crippen molar-refractivity contribution in [3.05, 3.63) is 29.3 Å². The molecule has 0 atom stereocenters. The highest BCUT2D eigenvalue weighted by atomic mass is 16.4. The number of carbonyl (C=O) groups excluding carboxylic acids is 2. The van der Waals surface area contributed by atoms with Crippen LogP contribution in [0.2, 0.25) is 0 Å². The zero-order valence-corrected chi connectivity index (χ0v) is 10.8. The van der Waals surface area contributed by atoms with Crippen LogP contribution in [-0.2, 0) is 16.0 Å². The molecule has 0 saturated heterocycles. The maximum absolute atomic E-state index is 11.9. The van der Waals surface area contributed by atoms with Crippen LogP contribution in [0.5, 0.6) is 0 Å². The van der Waals surface area contributed by atoms with Gasteiger partial charge in [-0.25, -0.2) is 4.79 Å². The molecule has 0 aromatic heterocycles. The van der Waals surface area contributed by atoms with Crippen LogP contribution in [0.3, 0.4) is 0 Å². The van der Waals surface area contributed by atoms with Crippen LogP contribution in [-0.4, -0.2) is 35.5 Å². The van der Waals surface area contributed by atoms with E-state index >= 15 is 0 Å². The third kappa shape index (κ3) is 2.36. The molecule has 1 aliphatic heterocycles. The Morgan fingerprint density at radius 3 is 2.75 bits per heavy atom. The fourth-order valence-electron chi connectivity index (χ4n) is 2.31. The van der Waals surface area contributed by atoms with E-state index < -0.39 is 5.97 Å². The maximum Gasteiger partial charge on any atom is 0.335 e. The Balaban J connectivity index is 1.81. The van der Waals surface area contributed by atoms with Crippen LogP contribution in [0, 0.1) is 0 Å². The predicted molar refractivity (Wildman–Crippen MR) is 70.6 cm³/mol. The first-order chi connectivity index (χ1) is 9.54. The average Bonchev–Trinajstić information content (AvgIpc) is 3.14. The Labute approximate surface area is 115 Å². The second-order valence-corrected chi connectivity index (χ2v) is 5.15. The number of nitrogens with zero attached hydrogens (tertiary/aromatic N) is 1. The van der Waals surface area contributed by atoms with Gasteiger partial charge >= 0.3 is 5.97 Å². The third-order valence-electron chi connectivity index (χ3n) is 3.51. The Hall–Kier alpha value is -2.37. The normalized spacial score (nSPS) is 17.0. The van der Waals surface area contributed by atoms with Crippen LogP contribution in [0.1, 0.15) is 28.8 Å². The van der Waals surface area contributed by atoms with Gasteiger partial charge < -0.3 is 15.3 Å². The highest BCUT2D eigenvalue weighted by molar-refractivity contribution is 6.06. The molecule has 1 heterocycles. The fourth-order valence-corrected chi connectivity index (χ4v) is 2.31. The highest BCUT2D eigenvalue weighted by Gasteiger charge is 2.31. The zero-order chi connectivity index (χ0) is 14.3. The van der Waals surface area contributed by atoms with Crippen molar-refractivity contribution in [1.82, 2.24) is 5.32 Å². The summed E-state index contributed by atoms with van der Waals surface area (Å²) < 4.78 is 0. The van der Waals surface area contributed by atoms with Crippen LogP contribution >= 0.6 is 0 Å². The topological polar surface area (TPSA) is 86.7 Å². The number of hydrogen-bond acceptors (Lipinski definition) is 3. The molecule has 1 aromatic rings. The highest BCUT2D eigenvalue weighted by Crippen LogP contribution is 2.30. The minimum Gasteiger partial charge on any atom is -0.478 e. The number of carboxylic acid groups (broad SMARTS) is 1. The fraction of sp³-hybridized carbons (Fsp3) is 0.357. The van der Waals surface area contributed by atoms with Gasteiger partial charge in [0.25, 0.3) is 0 Å². The number of aromatic carboxylic acids is 1. The van der Waals surface area contributed by atoms with Gasteiger partial charge in [-0.2, -0.15) is 0 Å². The van der Waals surface area contributed by atoms with Crippen molar-refractivity contribution in [2.75, 3.05) is 11.4 Å². The first-order valence-corrected chi connectivity index (χ1v) is 6.50. The van der Waals surface area contributed by atoms with Crippen LogP contribution < -0.4 is 10.2 Å². The van der Waals surface area contributed by atoms with Gasteiger partial charge in [-0.1, -0.05) is 6.07 Å². The van der Waals surface area contributed by atoms with E-state index in [0.29, 0.717) is 5.69 Å². The Morgan fingerprint density at radius 1 is 1.35 bits per heavy atom. The van der Waals surface area contributed by atoms with Crippen LogP contribution in [0.25, 0.3) is 0 Å². The molecule has 2 N–H and O–H groups in total. The molecule has 1 fully saturated rings. The van der Waals surface area contributed by atoms with E-state index in [1.165, 1.54) is 17.0 Å². The lowest BCUT2D eigenvalue weighted by Crippen LogP contribution is -2.39. The maximum atomic E-state index is 11.9. The van der Waals surface area contributed by atoms with E-state index in [2.05, 4.69) is 5.32 Å². The summed E-state index contributed by atoms with van der Waals surface area (Å²) in [7, 11) is 0.